The van der Waals surface area contributed by atoms with E-state index in [1.165, 1.54) is 12.8 Å². The third-order valence-electron chi connectivity index (χ3n) is 10.8. The van der Waals surface area contributed by atoms with Gasteiger partial charge in [0, 0.05) is 19.3 Å². The van der Waals surface area contributed by atoms with E-state index in [4.69, 9.17) is 14.2 Å². The molecular formula is C66H98O6. The minimum atomic E-state index is -0.832. The monoisotopic (exact) mass is 987 g/mol. The standard InChI is InChI=1S/C66H98O6/c1-4-7-10-13-16-19-22-25-28-31-33-35-38-41-44-47-50-53-56-59-65(68)71-62-63(61-70-64(67)58-55-52-49-46-43-40-37-30-27-24-21-18-15-12-9-6-3)72-66(69)60-57-54-51-48-45-42-39-36-34-32-29-26-23-20-17-14-11-8-5-2/h7-13,16-22,25-31,33-36,38,41-42,44-45,63H,4-6,14-15,23-24,32,37,39-40,43,46-62H2,1-3H3/b10-7-,11-8-,12-9-,16-13-,20-17-,21-18-,22-19-,28-25-,29-26-,30-27-,33-31+,36-34-,38-35-,44-41-,45-42-. The van der Waals surface area contributed by atoms with Gasteiger partial charge in [-0.2, -0.15) is 0 Å². The van der Waals surface area contributed by atoms with Gasteiger partial charge in [0.25, 0.3) is 0 Å². The number of allylic oxidation sites excluding steroid dienone is 30. The third kappa shape index (κ3) is 55.4. The lowest BCUT2D eigenvalue weighted by Crippen LogP contribution is -2.30. The molecule has 6 nitrogen and oxygen atoms in total. The molecule has 0 aromatic heterocycles. The summed E-state index contributed by atoms with van der Waals surface area (Å²) in [6.07, 6.45) is 87.2. The number of rotatable bonds is 47. The molecular weight excluding hydrogens is 889 g/mol. The van der Waals surface area contributed by atoms with Crippen molar-refractivity contribution in [2.75, 3.05) is 13.2 Å². The molecule has 0 spiro atoms. The van der Waals surface area contributed by atoms with Crippen molar-refractivity contribution in [3.05, 3.63) is 182 Å². The quantitative estimate of drug-likeness (QED) is 0.0199. The van der Waals surface area contributed by atoms with Gasteiger partial charge in [-0.05, 0) is 116 Å². The van der Waals surface area contributed by atoms with Crippen molar-refractivity contribution >= 4 is 17.9 Å². The van der Waals surface area contributed by atoms with Gasteiger partial charge in [0.2, 0.25) is 0 Å². The average Bonchev–Trinajstić information content (AvgIpc) is 3.38. The van der Waals surface area contributed by atoms with E-state index in [2.05, 4.69) is 130 Å². The molecule has 0 aromatic carbocycles. The Balaban J connectivity index is 4.63. The van der Waals surface area contributed by atoms with Gasteiger partial charge in [-0.1, -0.05) is 242 Å². The Morgan fingerprint density at radius 3 is 0.958 bits per heavy atom. The maximum atomic E-state index is 12.9. The molecule has 0 aliphatic carbocycles. The Labute approximate surface area is 440 Å². The molecule has 398 valence electrons. The van der Waals surface area contributed by atoms with Crippen molar-refractivity contribution in [2.24, 2.45) is 0 Å². The lowest BCUT2D eigenvalue weighted by Gasteiger charge is -2.18. The molecule has 0 heterocycles. The first-order valence-electron chi connectivity index (χ1n) is 27.9. The molecule has 0 aliphatic heterocycles. The van der Waals surface area contributed by atoms with Crippen molar-refractivity contribution in [2.45, 2.75) is 200 Å². The molecule has 6 heteroatoms. The summed E-state index contributed by atoms with van der Waals surface area (Å²) in [4.78, 5) is 38.2. The van der Waals surface area contributed by atoms with Crippen LogP contribution in [-0.2, 0) is 28.6 Å². The van der Waals surface area contributed by atoms with E-state index in [-0.39, 0.29) is 44.0 Å². The molecule has 0 aromatic rings. The molecule has 0 bridgehead atoms. The van der Waals surface area contributed by atoms with Crippen LogP contribution in [0.15, 0.2) is 182 Å². The number of hydrogen-bond donors (Lipinski definition) is 0. The van der Waals surface area contributed by atoms with Crippen molar-refractivity contribution in [3.8, 4) is 0 Å². The molecule has 72 heavy (non-hydrogen) atoms. The van der Waals surface area contributed by atoms with E-state index in [1.807, 2.05) is 72.9 Å². The van der Waals surface area contributed by atoms with Gasteiger partial charge in [-0.3, -0.25) is 14.4 Å². The van der Waals surface area contributed by atoms with Crippen molar-refractivity contribution in [3.63, 3.8) is 0 Å². The largest absolute Gasteiger partial charge is 0.462 e. The maximum Gasteiger partial charge on any atom is 0.306 e. The van der Waals surface area contributed by atoms with Crippen LogP contribution in [0.4, 0.5) is 0 Å². The van der Waals surface area contributed by atoms with Crippen LogP contribution in [0, 0.1) is 0 Å². The predicted molar refractivity (Wildman–Crippen MR) is 311 cm³/mol. The summed E-state index contributed by atoms with van der Waals surface area (Å²) in [7, 11) is 0. The lowest BCUT2D eigenvalue weighted by molar-refractivity contribution is -0.167. The van der Waals surface area contributed by atoms with Crippen LogP contribution in [-0.4, -0.2) is 37.2 Å². The fraction of sp³-hybridized carbons (Fsp3) is 0.500. The highest BCUT2D eigenvalue weighted by Gasteiger charge is 2.19. The zero-order valence-electron chi connectivity index (χ0n) is 45.4. The Morgan fingerprint density at radius 2 is 0.569 bits per heavy atom. The normalized spacial score (nSPS) is 13.5. The topological polar surface area (TPSA) is 78.9 Å². The lowest BCUT2D eigenvalue weighted by atomic mass is 10.1. The van der Waals surface area contributed by atoms with Gasteiger partial charge in [0.1, 0.15) is 13.2 Å². The highest BCUT2D eigenvalue weighted by Crippen LogP contribution is 2.12. The second-order valence-electron chi connectivity index (χ2n) is 17.5. The molecule has 0 saturated carbocycles. The number of unbranched alkanes of at least 4 members (excludes halogenated alkanes) is 12. The summed E-state index contributed by atoms with van der Waals surface area (Å²) in [6.45, 7) is 6.16. The SMILES string of the molecule is CC\C=C/C=C\C=C/C=C\C=C\C=C/C=C\CCCCCC(=O)OCC(COC(=O)CCCCCCCC/C=C\C/C=C\C/C=C\CC)OC(=O)CCCCC/C=C\C/C=C\C/C=C\C/C=C\C/C=C\CC. The number of carbonyl (C=O) groups is 3. The Bertz CT molecular complexity index is 1750. The van der Waals surface area contributed by atoms with Gasteiger partial charge < -0.3 is 14.2 Å². The summed E-state index contributed by atoms with van der Waals surface area (Å²) in [5.41, 5.74) is 0. The summed E-state index contributed by atoms with van der Waals surface area (Å²) in [5, 5.41) is 0. The summed E-state index contributed by atoms with van der Waals surface area (Å²) < 4.78 is 16.8. The number of ether oxygens (including phenoxy) is 3. The first kappa shape index (κ1) is 66.5. The molecule has 1 atom stereocenters. The van der Waals surface area contributed by atoms with Crippen molar-refractivity contribution < 1.29 is 28.6 Å². The highest BCUT2D eigenvalue weighted by molar-refractivity contribution is 5.71. The van der Waals surface area contributed by atoms with Crippen LogP contribution in [0.3, 0.4) is 0 Å². The fourth-order valence-electron chi connectivity index (χ4n) is 6.76. The van der Waals surface area contributed by atoms with Crippen LogP contribution in [0.2, 0.25) is 0 Å². The van der Waals surface area contributed by atoms with Crippen LogP contribution >= 0.6 is 0 Å². The maximum absolute atomic E-state index is 12.9. The first-order valence-corrected chi connectivity index (χ1v) is 27.9. The van der Waals surface area contributed by atoms with Gasteiger partial charge in [0.15, 0.2) is 6.10 Å². The molecule has 0 aliphatic rings. The number of esters is 3. The van der Waals surface area contributed by atoms with E-state index >= 15 is 0 Å². The van der Waals surface area contributed by atoms with E-state index in [9.17, 15) is 14.4 Å². The van der Waals surface area contributed by atoms with Gasteiger partial charge in [-0.15, -0.1) is 0 Å². The van der Waals surface area contributed by atoms with Gasteiger partial charge >= 0.3 is 17.9 Å². The Morgan fingerprint density at radius 1 is 0.292 bits per heavy atom. The molecule has 0 rings (SSSR count). The molecule has 0 amide bonds. The summed E-state index contributed by atoms with van der Waals surface area (Å²) >= 11 is 0. The minimum Gasteiger partial charge on any atom is -0.462 e. The molecule has 0 N–H and O–H groups in total. The van der Waals surface area contributed by atoms with E-state index < -0.39 is 6.10 Å². The smallest absolute Gasteiger partial charge is 0.306 e. The van der Waals surface area contributed by atoms with Crippen molar-refractivity contribution in [1.82, 2.24) is 0 Å². The van der Waals surface area contributed by atoms with Crippen LogP contribution in [0.5, 0.6) is 0 Å². The van der Waals surface area contributed by atoms with E-state index in [1.54, 1.807) is 0 Å². The second-order valence-corrected chi connectivity index (χ2v) is 17.5. The van der Waals surface area contributed by atoms with E-state index in [0.717, 1.165) is 128 Å². The third-order valence-corrected chi connectivity index (χ3v) is 10.8. The number of carbonyl (C=O) groups excluding carboxylic acids is 3. The first-order chi connectivity index (χ1) is 35.5. The molecule has 0 radical (unpaired) electrons. The zero-order chi connectivity index (χ0) is 52.2. The molecule has 0 saturated heterocycles. The van der Waals surface area contributed by atoms with Gasteiger partial charge in [-0.25, -0.2) is 0 Å². The summed E-state index contributed by atoms with van der Waals surface area (Å²) in [5.74, 6) is -1.03. The Hall–Kier alpha value is -5.49. The van der Waals surface area contributed by atoms with Crippen LogP contribution in [0.25, 0.3) is 0 Å². The van der Waals surface area contributed by atoms with Gasteiger partial charge in [0.05, 0.1) is 0 Å². The highest BCUT2D eigenvalue weighted by atomic mass is 16.6. The Kier molecular flexibility index (Phi) is 53.7. The molecule has 1 unspecified atom stereocenters. The minimum absolute atomic E-state index is 0.124. The average molecular weight is 988 g/mol. The van der Waals surface area contributed by atoms with Crippen molar-refractivity contribution in [1.29, 1.82) is 0 Å². The van der Waals surface area contributed by atoms with Crippen LogP contribution < -0.4 is 0 Å². The summed E-state index contributed by atoms with van der Waals surface area (Å²) in [6, 6.07) is 0. The fourth-order valence-corrected chi connectivity index (χ4v) is 6.76. The number of hydrogen-bond acceptors (Lipinski definition) is 6. The zero-order valence-corrected chi connectivity index (χ0v) is 45.4. The molecule has 0 fully saturated rings. The van der Waals surface area contributed by atoms with E-state index in [0.29, 0.717) is 19.3 Å². The van der Waals surface area contributed by atoms with Crippen LogP contribution in [0.1, 0.15) is 194 Å². The second kappa shape index (κ2) is 58.1. The predicted octanol–water partition coefficient (Wildman–Crippen LogP) is 18.9.